The van der Waals surface area contributed by atoms with Crippen molar-refractivity contribution < 1.29 is 0 Å². The lowest BCUT2D eigenvalue weighted by Gasteiger charge is -2.54. The molecule has 0 aromatic carbocycles. The van der Waals surface area contributed by atoms with Crippen LogP contribution in [0.3, 0.4) is 0 Å². The van der Waals surface area contributed by atoms with E-state index in [4.69, 9.17) is 5.73 Å². The summed E-state index contributed by atoms with van der Waals surface area (Å²) in [7, 11) is 0. The van der Waals surface area contributed by atoms with Crippen LogP contribution in [0.2, 0.25) is 0 Å². The van der Waals surface area contributed by atoms with E-state index in [0.29, 0.717) is 11.0 Å². The zero-order valence-electron chi connectivity index (χ0n) is 12.8. The molecule has 2 nitrogen and oxygen atoms in total. The lowest BCUT2D eigenvalue weighted by molar-refractivity contribution is -0.0320. The summed E-state index contributed by atoms with van der Waals surface area (Å²) in [5, 5.41) is 0. The molecule has 1 aliphatic carbocycles. The molecule has 1 heterocycles. The van der Waals surface area contributed by atoms with E-state index < -0.39 is 0 Å². The average Bonchev–Trinajstić information content (AvgIpc) is 2.31. The molecular weight excluding hydrogens is 220 g/mol. The third kappa shape index (κ3) is 2.60. The van der Waals surface area contributed by atoms with Crippen LogP contribution in [-0.2, 0) is 0 Å². The summed E-state index contributed by atoms with van der Waals surface area (Å²) in [4.78, 5) is 2.74. The predicted octanol–water partition coefficient (Wildman–Crippen LogP) is 3.26. The van der Waals surface area contributed by atoms with Gasteiger partial charge in [-0.1, -0.05) is 27.7 Å². The fraction of sp³-hybridized carbons (Fsp3) is 1.00. The molecule has 3 atom stereocenters. The number of rotatable bonds is 2. The Morgan fingerprint density at radius 3 is 2.22 bits per heavy atom. The van der Waals surface area contributed by atoms with E-state index in [1.807, 2.05) is 0 Å². The molecule has 1 aliphatic heterocycles. The summed E-state index contributed by atoms with van der Waals surface area (Å²) in [6, 6.07) is 0. The van der Waals surface area contributed by atoms with E-state index in [9.17, 15) is 0 Å². The van der Waals surface area contributed by atoms with Crippen molar-refractivity contribution in [3.8, 4) is 0 Å². The summed E-state index contributed by atoms with van der Waals surface area (Å²) in [6.07, 6.45) is 6.69. The van der Waals surface area contributed by atoms with Crippen molar-refractivity contribution in [3.05, 3.63) is 0 Å². The first-order chi connectivity index (χ1) is 8.39. The van der Waals surface area contributed by atoms with Crippen molar-refractivity contribution in [1.29, 1.82) is 0 Å². The lowest BCUT2D eigenvalue weighted by atomic mass is 9.67. The largest absolute Gasteiger partial charge is 0.329 e. The van der Waals surface area contributed by atoms with E-state index in [1.165, 1.54) is 45.2 Å². The molecule has 1 saturated heterocycles. The molecule has 2 rings (SSSR count). The molecule has 3 unspecified atom stereocenters. The predicted molar refractivity (Wildman–Crippen MR) is 78.6 cm³/mol. The lowest BCUT2D eigenvalue weighted by Crippen LogP contribution is -2.62. The molecule has 0 radical (unpaired) electrons. The van der Waals surface area contributed by atoms with Crippen molar-refractivity contribution >= 4 is 0 Å². The minimum Gasteiger partial charge on any atom is -0.329 e. The Bertz CT molecular complexity index is 277. The smallest absolute Gasteiger partial charge is 0.0357 e. The van der Waals surface area contributed by atoms with Gasteiger partial charge >= 0.3 is 0 Å². The van der Waals surface area contributed by atoms with E-state index in [0.717, 1.165) is 18.4 Å². The molecule has 2 fully saturated rings. The first kappa shape index (κ1) is 14.3. The first-order valence-corrected chi connectivity index (χ1v) is 7.85. The number of likely N-dealkylation sites (tertiary alicyclic amines) is 1. The van der Waals surface area contributed by atoms with Crippen molar-refractivity contribution in [3.63, 3.8) is 0 Å². The monoisotopic (exact) mass is 252 g/mol. The SMILES string of the molecule is CC1CCC(CN)(N2CCC(C)(C)CC2)C(C)C1. The molecule has 0 aromatic heterocycles. The maximum absolute atomic E-state index is 6.23. The third-order valence-corrected chi connectivity index (χ3v) is 5.84. The van der Waals surface area contributed by atoms with Gasteiger partial charge in [-0.2, -0.15) is 0 Å². The summed E-state index contributed by atoms with van der Waals surface area (Å²) >= 11 is 0. The topological polar surface area (TPSA) is 29.3 Å². The molecular formula is C16H32N2. The van der Waals surface area contributed by atoms with Crippen LogP contribution < -0.4 is 5.73 Å². The average molecular weight is 252 g/mol. The molecule has 0 spiro atoms. The molecule has 18 heavy (non-hydrogen) atoms. The normalized spacial score (nSPS) is 41.8. The van der Waals surface area contributed by atoms with Gasteiger partial charge in [-0.05, 0) is 62.4 Å². The fourth-order valence-corrected chi connectivity index (χ4v) is 4.14. The van der Waals surface area contributed by atoms with Crippen LogP contribution in [0.15, 0.2) is 0 Å². The Kier molecular flexibility index (Phi) is 4.08. The van der Waals surface area contributed by atoms with Crippen LogP contribution in [0, 0.1) is 17.3 Å². The second kappa shape index (κ2) is 5.13. The highest BCUT2D eigenvalue weighted by Gasteiger charge is 2.45. The van der Waals surface area contributed by atoms with Gasteiger partial charge in [-0.3, -0.25) is 4.90 Å². The fourth-order valence-electron chi connectivity index (χ4n) is 4.14. The van der Waals surface area contributed by atoms with Crippen LogP contribution >= 0.6 is 0 Å². The Hall–Kier alpha value is -0.0800. The van der Waals surface area contributed by atoms with E-state index in [1.54, 1.807) is 0 Å². The molecule has 106 valence electrons. The van der Waals surface area contributed by atoms with Crippen LogP contribution in [0.5, 0.6) is 0 Å². The van der Waals surface area contributed by atoms with Gasteiger partial charge in [0.05, 0.1) is 0 Å². The van der Waals surface area contributed by atoms with Gasteiger partial charge in [0.1, 0.15) is 0 Å². The van der Waals surface area contributed by atoms with Gasteiger partial charge in [0.15, 0.2) is 0 Å². The van der Waals surface area contributed by atoms with Crippen molar-refractivity contribution in [2.45, 2.75) is 65.3 Å². The van der Waals surface area contributed by atoms with E-state index >= 15 is 0 Å². The highest BCUT2D eigenvalue weighted by atomic mass is 15.2. The van der Waals surface area contributed by atoms with Crippen LogP contribution in [0.25, 0.3) is 0 Å². The minimum atomic E-state index is 0.309. The minimum absolute atomic E-state index is 0.309. The summed E-state index contributed by atoms with van der Waals surface area (Å²) < 4.78 is 0. The van der Waals surface area contributed by atoms with Crippen LogP contribution in [0.1, 0.15) is 59.8 Å². The second-order valence-electron chi connectivity index (χ2n) is 7.74. The van der Waals surface area contributed by atoms with Crippen LogP contribution in [0.4, 0.5) is 0 Å². The Morgan fingerprint density at radius 2 is 1.72 bits per heavy atom. The van der Waals surface area contributed by atoms with Crippen molar-refractivity contribution in [1.82, 2.24) is 4.90 Å². The quantitative estimate of drug-likeness (QED) is 0.817. The zero-order valence-corrected chi connectivity index (χ0v) is 12.8. The summed E-state index contributed by atoms with van der Waals surface area (Å²) in [5.41, 5.74) is 7.08. The first-order valence-electron chi connectivity index (χ1n) is 7.85. The Morgan fingerprint density at radius 1 is 1.11 bits per heavy atom. The molecule has 2 aliphatic rings. The van der Waals surface area contributed by atoms with Gasteiger partial charge in [-0.15, -0.1) is 0 Å². The third-order valence-electron chi connectivity index (χ3n) is 5.84. The molecule has 2 N–H and O–H groups in total. The van der Waals surface area contributed by atoms with Gasteiger partial charge < -0.3 is 5.73 Å². The number of hydrogen-bond acceptors (Lipinski definition) is 2. The van der Waals surface area contributed by atoms with Gasteiger partial charge in [0, 0.05) is 12.1 Å². The van der Waals surface area contributed by atoms with E-state index in [2.05, 4.69) is 32.6 Å². The van der Waals surface area contributed by atoms with Gasteiger partial charge in [-0.25, -0.2) is 0 Å². The molecule has 0 amide bonds. The molecule has 0 aromatic rings. The number of piperidine rings is 1. The Balaban J connectivity index is 2.08. The van der Waals surface area contributed by atoms with Gasteiger partial charge in [0.25, 0.3) is 0 Å². The van der Waals surface area contributed by atoms with E-state index in [-0.39, 0.29) is 0 Å². The Labute approximate surface area is 113 Å². The van der Waals surface area contributed by atoms with Gasteiger partial charge in [0.2, 0.25) is 0 Å². The summed E-state index contributed by atoms with van der Waals surface area (Å²) in [5.74, 6) is 1.65. The maximum Gasteiger partial charge on any atom is 0.0357 e. The highest BCUT2D eigenvalue weighted by molar-refractivity contribution is 5.01. The number of hydrogen-bond donors (Lipinski definition) is 1. The summed E-state index contributed by atoms with van der Waals surface area (Å²) in [6.45, 7) is 13.0. The van der Waals surface area contributed by atoms with Crippen molar-refractivity contribution in [2.24, 2.45) is 23.0 Å². The number of nitrogens with two attached hydrogens (primary N) is 1. The molecule has 0 bridgehead atoms. The standard InChI is InChI=1S/C16H32N2/c1-13-5-6-16(12-17,14(2)11-13)18-9-7-15(3,4)8-10-18/h13-14H,5-12,17H2,1-4H3. The van der Waals surface area contributed by atoms with Crippen LogP contribution in [-0.4, -0.2) is 30.1 Å². The maximum atomic E-state index is 6.23. The molecule has 2 heteroatoms. The second-order valence-corrected chi connectivity index (χ2v) is 7.74. The molecule has 1 saturated carbocycles. The van der Waals surface area contributed by atoms with Crippen molar-refractivity contribution in [2.75, 3.05) is 19.6 Å². The number of nitrogens with zero attached hydrogens (tertiary/aromatic N) is 1. The zero-order chi connectivity index (χ0) is 13.4. The highest BCUT2D eigenvalue weighted by Crippen LogP contribution is 2.43.